The van der Waals surface area contributed by atoms with E-state index in [4.69, 9.17) is 15.2 Å². The van der Waals surface area contributed by atoms with Crippen LogP contribution >= 0.6 is 0 Å². The SMILES string of the molecule is NC1CCCOc2cc(OCC3CCCCC3)c(C(=O)O)cc21. The molecule has 1 atom stereocenters. The molecule has 0 spiro atoms. The minimum absolute atomic E-state index is 0.181. The molecular formula is C18H25NO4. The Bertz CT molecular complexity index is 566. The largest absolute Gasteiger partial charge is 0.493 e. The summed E-state index contributed by atoms with van der Waals surface area (Å²) in [7, 11) is 0. The zero-order valence-corrected chi connectivity index (χ0v) is 13.4. The molecule has 3 rings (SSSR count). The van der Waals surface area contributed by atoms with Gasteiger partial charge in [-0.3, -0.25) is 0 Å². The van der Waals surface area contributed by atoms with E-state index >= 15 is 0 Å². The molecule has 0 aromatic heterocycles. The second-order valence-corrected chi connectivity index (χ2v) is 6.60. The van der Waals surface area contributed by atoms with Crippen LogP contribution in [0.1, 0.15) is 66.9 Å². The van der Waals surface area contributed by atoms with Gasteiger partial charge in [0.05, 0.1) is 13.2 Å². The highest BCUT2D eigenvalue weighted by atomic mass is 16.5. The van der Waals surface area contributed by atoms with Crippen molar-refractivity contribution in [1.82, 2.24) is 0 Å². The zero-order valence-electron chi connectivity index (χ0n) is 13.4. The molecule has 0 radical (unpaired) electrons. The van der Waals surface area contributed by atoms with Crippen molar-refractivity contribution in [1.29, 1.82) is 0 Å². The third-order valence-corrected chi connectivity index (χ3v) is 4.86. The highest BCUT2D eigenvalue weighted by molar-refractivity contribution is 5.91. The highest BCUT2D eigenvalue weighted by Gasteiger charge is 2.23. The first-order chi connectivity index (χ1) is 11.1. The van der Waals surface area contributed by atoms with Crippen LogP contribution in [0.2, 0.25) is 0 Å². The number of carboxylic acids is 1. The molecule has 126 valence electrons. The number of benzene rings is 1. The fourth-order valence-corrected chi connectivity index (χ4v) is 3.48. The average Bonchev–Trinajstić information content (AvgIpc) is 2.74. The van der Waals surface area contributed by atoms with Crippen LogP contribution in [0.25, 0.3) is 0 Å². The van der Waals surface area contributed by atoms with E-state index in [2.05, 4.69) is 0 Å². The summed E-state index contributed by atoms with van der Waals surface area (Å²) in [6.45, 7) is 1.18. The molecule has 1 aromatic rings. The molecule has 0 amide bonds. The van der Waals surface area contributed by atoms with Crippen molar-refractivity contribution in [3.63, 3.8) is 0 Å². The van der Waals surface area contributed by atoms with Gasteiger partial charge in [-0.1, -0.05) is 19.3 Å². The molecule has 23 heavy (non-hydrogen) atoms. The maximum absolute atomic E-state index is 11.6. The maximum Gasteiger partial charge on any atom is 0.339 e. The Morgan fingerprint density at radius 2 is 2.00 bits per heavy atom. The van der Waals surface area contributed by atoms with E-state index in [0.717, 1.165) is 31.2 Å². The van der Waals surface area contributed by atoms with Gasteiger partial charge in [-0.25, -0.2) is 4.79 Å². The van der Waals surface area contributed by atoms with Crippen LogP contribution in [0.5, 0.6) is 11.5 Å². The van der Waals surface area contributed by atoms with Crippen LogP contribution in [0.15, 0.2) is 12.1 Å². The lowest BCUT2D eigenvalue weighted by Crippen LogP contribution is -2.17. The Labute approximate surface area is 136 Å². The Kier molecular flexibility index (Phi) is 5.06. The standard InChI is InChI=1S/C18H25NO4/c19-15-7-4-8-22-16-10-17(14(18(20)21)9-13(15)16)23-11-12-5-2-1-3-6-12/h9-10,12,15H,1-8,11,19H2,(H,20,21). The second-order valence-electron chi connectivity index (χ2n) is 6.60. The number of hydrogen-bond donors (Lipinski definition) is 2. The van der Waals surface area contributed by atoms with Crippen molar-refractivity contribution in [2.45, 2.75) is 51.0 Å². The zero-order chi connectivity index (χ0) is 16.2. The van der Waals surface area contributed by atoms with E-state index in [1.54, 1.807) is 12.1 Å². The molecule has 1 unspecified atom stereocenters. The summed E-state index contributed by atoms with van der Waals surface area (Å²) >= 11 is 0. The van der Waals surface area contributed by atoms with Crippen molar-refractivity contribution in [2.24, 2.45) is 11.7 Å². The van der Waals surface area contributed by atoms with Gasteiger partial charge < -0.3 is 20.3 Å². The number of hydrogen-bond acceptors (Lipinski definition) is 4. The van der Waals surface area contributed by atoms with Crippen LogP contribution in [0.3, 0.4) is 0 Å². The maximum atomic E-state index is 11.6. The smallest absolute Gasteiger partial charge is 0.339 e. The van der Waals surface area contributed by atoms with Crippen LogP contribution in [-0.2, 0) is 0 Å². The first-order valence-corrected chi connectivity index (χ1v) is 8.57. The minimum Gasteiger partial charge on any atom is -0.493 e. The first kappa shape index (κ1) is 16.1. The van der Waals surface area contributed by atoms with E-state index in [1.807, 2.05) is 0 Å². The van der Waals surface area contributed by atoms with Gasteiger partial charge in [-0.15, -0.1) is 0 Å². The van der Waals surface area contributed by atoms with Crippen molar-refractivity contribution < 1.29 is 19.4 Å². The van der Waals surface area contributed by atoms with Gasteiger partial charge in [-0.2, -0.15) is 0 Å². The summed E-state index contributed by atoms with van der Waals surface area (Å²) in [5, 5.41) is 9.50. The van der Waals surface area contributed by atoms with Crippen molar-refractivity contribution >= 4 is 5.97 Å². The molecule has 1 aromatic carbocycles. The van der Waals surface area contributed by atoms with Gasteiger partial charge in [0.25, 0.3) is 0 Å². The highest BCUT2D eigenvalue weighted by Crippen LogP contribution is 2.36. The van der Waals surface area contributed by atoms with Crippen LogP contribution in [0, 0.1) is 5.92 Å². The van der Waals surface area contributed by atoms with E-state index in [-0.39, 0.29) is 11.6 Å². The Balaban J connectivity index is 1.82. The summed E-state index contributed by atoms with van der Waals surface area (Å²) in [5.41, 5.74) is 7.09. The van der Waals surface area contributed by atoms with E-state index in [0.29, 0.717) is 30.6 Å². The molecule has 1 fully saturated rings. The number of ether oxygens (including phenoxy) is 2. The van der Waals surface area contributed by atoms with Gasteiger partial charge in [-0.05, 0) is 37.7 Å². The molecule has 5 heteroatoms. The number of carboxylic acid groups (broad SMARTS) is 1. The number of aromatic carboxylic acids is 1. The van der Waals surface area contributed by atoms with Crippen molar-refractivity contribution in [2.75, 3.05) is 13.2 Å². The third kappa shape index (κ3) is 3.78. The number of carbonyl (C=O) groups is 1. The van der Waals surface area contributed by atoms with Crippen molar-refractivity contribution in [3.05, 3.63) is 23.3 Å². The lowest BCUT2D eigenvalue weighted by molar-refractivity contribution is 0.0690. The molecule has 5 nitrogen and oxygen atoms in total. The Morgan fingerprint density at radius 3 is 2.74 bits per heavy atom. The topological polar surface area (TPSA) is 81.8 Å². The normalized spacial score (nSPS) is 21.9. The summed E-state index contributed by atoms with van der Waals surface area (Å²) in [5.74, 6) is 0.602. The molecule has 1 heterocycles. The minimum atomic E-state index is -0.983. The Morgan fingerprint density at radius 1 is 1.22 bits per heavy atom. The third-order valence-electron chi connectivity index (χ3n) is 4.86. The number of rotatable bonds is 4. The van der Waals surface area contributed by atoms with Crippen molar-refractivity contribution in [3.8, 4) is 11.5 Å². The molecule has 0 bridgehead atoms. The predicted octanol–water partition coefficient (Wildman–Crippen LogP) is 3.52. The molecule has 1 aliphatic heterocycles. The molecule has 3 N–H and O–H groups in total. The van der Waals surface area contributed by atoms with Gasteiger partial charge in [0.2, 0.25) is 0 Å². The van der Waals surface area contributed by atoms with Crippen LogP contribution in [0.4, 0.5) is 0 Å². The van der Waals surface area contributed by atoms with Gasteiger partial charge >= 0.3 is 5.97 Å². The quantitative estimate of drug-likeness (QED) is 0.887. The fraction of sp³-hybridized carbons (Fsp3) is 0.611. The van der Waals surface area contributed by atoms with Crippen LogP contribution < -0.4 is 15.2 Å². The second kappa shape index (κ2) is 7.21. The lowest BCUT2D eigenvalue weighted by Gasteiger charge is -2.23. The monoisotopic (exact) mass is 319 g/mol. The summed E-state index contributed by atoms with van der Waals surface area (Å²) in [4.78, 5) is 11.6. The van der Waals surface area contributed by atoms with Gasteiger partial charge in [0.1, 0.15) is 17.1 Å². The molecule has 0 saturated heterocycles. The summed E-state index contributed by atoms with van der Waals surface area (Å²) in [6.07, 6.45) is 7.76. The molecule has 1 saturated carbocycles. The van der Waals surface area contributed by atoms with Gasteiger partial charge in [0.15, 0.2) is 0 Å². The van der Waals surface area contributed by atoms with E-state index in [1.165, 1.54) is 19.3 Å². The average molecular weight is 319 g/mol. The summed E-state index contributed by atoms with van der Waals surface area (Å²) in [6, 6.07) is 3.16. The first-order valence-electron chi connectivity index (χ1n) is 8.57. The molecular weight excluding hydrogens is 294 g/mol. The van der Waals surface area contributed by atoms with Gasteiger partial charge in [0, 0.05) is 17.7 Å². The number of fused-ring (bicyclic) bond motifs is 1. The predicted molar refractivity (Wildman–Crippen MR) is 87.1 cm³/mol. The van der Waals surface area contributed by atoms with E-state index < -0.39 is 5.97 Å². The molecule has 1 aliphatic carbocycles. The molecule has 2 aliphatic rings. The summed E-state index contributed by atoms with van der Waals surface area (Å²) < 4.78 is 11.6. The van der Waals surface area contributed by atoms with Crippen LogP contribution in [-0.4, -0.2) is 24.3 Å². The lowest BCUT2D eigenvalue weighted by atomic mass is 9.90. The Hall–Kier alpha value is -1.75. The van der Waals surface area contributed by atoms with E-state index in [9.17, 15) is 9.90 Å². The fourth-order valence-electron chi connectivity index (χ4n) is 3.48. The number of nitrogens with two attached hydrogens (primary N) is 1.